The lowest BCUT2D eigenvalue weighted by Crippen LogP contribution is -2.28. The second kappa shape index (κ2) is 7.99. The van der Waals surface area contributed by atoms with Gasteiger partial charge in [-0.25, -0.2) is 9.67 Å². The maximum absolute atomic E-state index is 14.1. The van der Waals surface area contributed by atoms with Gasteiger partial charge >= 0.3 is 6.18 Å². The molecule has 0 saturated carbocycles. The number of aromatic nitrogens is 4. The fourth-order valence-electron chi connectivity index (χ4n) is 2.82. The van der Waals surface area contributed by atoms with Gasteiger partial charge in [-0.1, -0.05) is 17.7 Å². The van der Waals surface area contributed by atoms with Gasteiger partial charge in [-0.15, -0.1) is 11.3 Å². The van der Waals surface area contributed by atoms with Gasteiger partial charge in [0.1, 0.15) is 10.2 Å². The van der Waals surface area contributed by atoms with E-state index in [1.54, 1.807) is 24.6 Å². The van der Waals surface area contributed by atoms with Crippen LogP contribution in [0.4, 0.5) is 13.2 Å². The minimum atomic E-state index is -4.76. The summed E-state index contributed by atoms with van der Waals surface area (Å²) in [6, 6.07) is 5.70. The Hall–Kier alpha value is -1.88. The summed E-state index contributed by atoms with van der Waals surface area (Å²) in [5.74, 6) is -0.263. The molecular weight excluding hydrogens is 528 g/mol. The number of aryl methyl sites for hydroxylation is 1. The van der Waals surface area contributed by atoms with Crippen LogP contribution in [0.25, 0.3) is 15.9 Å². The highest BCUT2D eigenvalue weighted by Crippen LogP contribution is 2.43. The first-order chi connectivity index (χ1) is 14.1. The summed E-state index contributed by atoms with van der Waals surface area (Å²) in [5, 5.41) is 5.91. The van der Waals surface area contributed by atoms with E-state index in [1.807, 2.05) is 0 Å². The molecule has 0 spiro atoms. The number of fused-ring (bicyclic) bond motifs is 1. The van der Waals surface area contributed by atoms with E-state index in [9.17, 15) is 13.2 Å². The number of rotatable bonds is 4. The normalized spacial score (nSPS) is 13.0. The van der Waals surface area contributed by atoms with Gasteiger partial charge in [-0.3, -0.25) is 0 Å². The first kappa shape index (κ1) is 21.4. The Bertz CT molecular complexity index is 1240. The predicted octanol–water partition coefficient (Wildman–Crippen LogP) is 6.94. The number of halogens is 6. The molecule has 1 atom stereocenters. The molecule has 156 valence electrons. The Balaban J connectivity index is 1.87. The summed E-state index contributed by atoms with van der Waals surface area (Å²) < 4.78 is 50.1. The van der Waals surface area contributed by atoms with E-state index in [-0.39, 0.29) is 27.4 Å². The van der Waals surface area contributed by atoms with E-state index in [2.05, 4.69) is 31.0 Å². The fraction of sp³-hybridized carbons (Fsp3) is 0.167. The minimum Gasteiger partial charge on any atom is -0.458 e. The summed E-state index contributed by atoms with van der Waals surface area (Å²) in [7, 11) is 0. The maximum Gasteiger partial charge on any atom is 0.429 e. The van der Waals surface area contributed by atoms with Crippen LogP contribution in [-0.2, 0) is 0 Å². The Morgan fingerprint density at radius 1 is 1.20 bits per heavy atom. The zero-order chi connectivity index (χ0) is 21.6. The van der Waals surface area contributed by atoms with Crippen molar-refractivity contribution in [2.24, 2.45) is 0 Å². The number of alkyl halides is 3. The SMILES string of the molecule is Cc1ccn(-c2cc(Cl)ccc2C(Oc2nc(Cl)nc3c(Br)csc23)C(F)(F)F)n1. The molecule has 0 bridgehead atoms. The van der Waals surface area contributed by atoms with Gasteiger partial charge < -0.3 is 4.74 Å². The van der Waals surface area contributed by atoms with Crippen molar-refractivity contribution in [2.75, 3.05) is 0 Å². The molecule has 0 aliphatic carbocycles. The first-order valence-electron chi connectivity index (χ1n) is 8.29. The Labute approximate surface area is 190 Å². The lowest BCUT2D eigenvalue weighted by Gasteiger charge is -2.24. The van der Waals surface area contributed by atoms with Crippen molar-refractivity contribution in [3.8, 4) is 11.6 Å². The molecule has 0 aliphatic heterocycles. The van der Waals surface area contributed by atoms with Gasteiger partial charge in [-0.2, -0.15) is 23.3 Å². The van der Waals surface area contributed by atoms with E-state index >= 15 is 0 Å². The summed E-state index contributed by atoms with van der Waals surface area (Å²) in [6.07, 6.45) is -5.55. The van der Waals surface area contributed by atoms with Crippen molar-refractivity contribution in [1.29, 1.82) is 0 Å². The van der Waals surface area contributed by atoms with E-state index in [0.29, 0.717) is 20.4 Å². The van der Waals surface area contributed by atoms with E-state index < -0.39 is 12.3 Å². The van der Waals surface area contributed by atoms with Crippen LogP contribution in [-0.4, -0.2) is 25.9 Å². The molecule has 0 aliphatic rings. The molecule has 0 saturated heterocycles. The van der Waals surface area contributed by atoms with Gasteiger partial charge in [0.15, 0.2) is 0 Å². The van der Waals surface area contributed by atoms with Gasteiger partial charge in [0, 0.05) is 22.2 Å². The molecule has 5 nitrogen and oxygen atoms in total. The van der Waals surface area contributed by atoms with E-state index in [0.717, 1.165) is 11.3 Å². The standard InChI is InChI=1S/C18H10BrCl2F3N4OS/c1-8-4-5-28(27-8)12-6-9(20)2-3-10(12)15(18(22,23)24)29-16-14-13(11(19)7-30-14)25-17(21)26-16/h2-7,15H,1H3. The van der Waals surface area contributed by atoms with Gasteiger partial charge in [0.2, 0.25) is 17.3 Å². The van der Waals surface area contributed by atoms with Gasteiger partial charge in [0.25, 0.3) is 0 Å². The van der Waals surface area contributed by atoms with Gasteiger partial charge in [-0.05, 0) is 52.7 Å². The maximum atomic E-state index is 14.1. The largest absolute Gasteiger partial charge is 0.458 e. The van der Waals surface area contributed by atoms with Crippen LogP contribution in [0, 0.1) is 6.92 Å². The molecule has 1 aromatic carbocycles. The molecule has 0 amide bonds. The molecule has 0 N–H and O–H groups in total. The van der Waals surface area contributed by atoms with Crippen molar-refractivity contribution in [2.45, 2.75) is 19.2 Å². The number of hydrogen-bond donors (Lipinski definition) is 0. The smallest absolute Gasteiger partial charge is 0.429 e. The zero-order valence-corrected chi connectivity index (χ0v) is 18.8. The molecule has 4 rings (SSSR count). The molecule has 30 heavy (non-hydrogen) atoms. The summed E-state index contributed by atoms with van der Waals surface area (Å²) in [4.78, 5) is 7.93. The van der Waals surface area contributed by atoms with Crippen LogP contribution in [0.15, 0.2) is 40.3 Å². The molecule has 3 heterocycles. The lowest BCUT2D eigenvalue weighted by molar-refractivity contribution is -0.198. The van der Waals surface area contributed by atoms with Crippen LogP contribution in [0.5, 0.6) is 5.88 Å². The summed E-state index contributed by atoms with van der Waals surface area (Å²) in [5.41, 5.74) is 0.975. The monoisotopic (exact) mass is 536 g/mol. The highest BCUT2D eigenvalue weighted by molar-refractivity contribution is 9.10. The van der Waals surface area contributed by atoms with Crippen molar-refractivity contribution in [3.63, 3.8) is 0 Å². The second-order valence-electron chi connectivity index (χ2n) is 6.20. The fourth-order valence-corrected chi connectivity index (χ4v) is 4.64. The van der Waals surface area contributed by atoms with Crippen LogP contribution < -0.4 is 4.74 Å². The molecule has 12 heteroatoms. The third-order valence-corrected chi connectivity index (χ3v) is 6.35. The molecule has 4 aromatic rings. The van der Waals surface area contributed by atoms with Crippen molar-refractivity contribution in [3.05, 3.63) is 61.9 Å². The lowest BCUT2D eigenvalue weighted by atomic mass is 10.1. The Morgan fingerprint density at radius 2 is 1.97 bits per heavy atom. The number of nitrogens with zero attached hydrogens (tertiary/aromatic N) is 4. The average Bonchev–Trinajstić information content (AvgIpc) is 3.25. The third-order valence-electron chi connectivity index (χ3n) is 4.08. The van der Waals surface area contributed by atoms with Crippen LogP contribution in [0.2, 0.25) is 10.3 Å². The highest BCUT2D eigenvalue weighted by atomic mass is 79.9. The molecule has 3 aromatic heterocycles. The summed E-state index contributed by atoms with van der Waals surface area (Å²) in [6.45, 7) is 1.73. The van der Waals surface area contributed by atoms with Gasteiger partial charge in [0.05, 0.1) is 15.9 Å². The molecule has 0 radical (unpaired) electrons. The highest BCUT2D eigenvalue weighted by Gasteiger charge is 2.45. The predicted molar refractivity (Wildman–Crippen MR) is 113 cm³/mol. The quantitative estimate of drug-likeness (QED) is 0.265. The first-order valence-corrected chi connectivity index (χ1v) is 10.7. The zero-order valence-electron chi connectivity index (χ0n) is 14.9. The van der Waals surface area contributed by atoms with Crippen molar-refractivity contribution in [1.82, 2.24) is 19.7 Å². The molecule has 1 unspecified atom stereocenters. The van der Waals surface area contributed by atoms with Crippen LogP contribution >= 0.6 is 50.5 Å². The third kappa shape index (κ3) is 4.14. The second-order valence-corrected chi connectivity index (χ2v) is 8.71. The number of thiophene rings is 1. The van der Waals surface area contributed by atoms with Crippen LogP contribution in [0.3, 0.4) is 0 Å². The number of ether oxygens (including phenoxy) is 1. The van der Waals surface area contributed by atoms with E-state index in [4.69, 9.17) is 27.9 Å². The minimum absolute atomic E-state index is 0.140. The van der Waals surface area contributed by atoms with Crippen LogP contribution in [0.1, 0.15) is 17.4 Å². The molecule has 0 fully saturated rings. The van der Waals surface area contributed by atoms with Crippen molar-refractivity contribution < 1.29 is 17.9 Å². The average molecular weight is 538 g/mol. The Morgan fingerprint density at radius 3 is 2.63 bits per heavy atom. The number of benzene rings is 1. The molecular formula is C18H10BrCl2F3N4OS. The Kier molecular flexibility index (Phi) is 5.69. The van der Waals surface area contributed by atoms with E-state index in [1.165, 1.54) is 22.9 Å². The summed E-state index contributed by atoms with van der Waals surface area (Å²) >= 11 is 16.4. The number of hydrogen-bond acceptors (Lipinski definition) is 5. The van der Waals surface area contributed by atoms with Crippen molar-refractivity contribution >= 4 is 60.7 Å². The topological polar surface area (TPSA) is 52.8 Å².